The number of hydrogen-bond donors (Lipinski definition) is 0. The van der Waals surface area contributed by atoms with E-state index in [1.165, 1.54) is 6.07 Å². The molecule has 0 aliphatic rings. The minimum Gasteiger partial charge on any atom is -0.443 e. The zero-order chi connectivity index (χ0) is 20.1. The molecule has 144 valence electrons. The van der Waals surface area contributed by atoms with Crippen molar-refractivity contribution in [3.05, 3.63) is 32.3 Å². The van der Waals surface area contributed by atoms with Crippen LogP contribution in [0.4, 0.5) is 16.2 Å². The highest BCUT2D eigenvalue weighted by atomic mass is 79.9. The van der Waals surface area contributed by atoms with Crippen LogP contribution in [0, 0.1) is 17.0 Å². The molecule has 1 aromatic rings. The molecule has 1 aromatic carbocycles. The fourth-order valence-corrected chi connectivity index (χ4v) is 2.89. The van der Waals surface area contributed by atoms with Crippen LogP contribution in [-0.4, -0.2) is 42.2 Å². The highest BCUT2D eigenvalue weighted by Crippen LogP contribution is 2.37. The lowest BCUT2D eigenvalue weighted by Gasteiger charge is -2.27. The Balaban J connectivity index is 3.38. The Bertz CT molecular complexity index is 699. The normalized spacial score (nSPS) is 11.2. The second-order valence-corrected chi connectivity index (χ2v) is 7.47. The minimum absolute atomic E-state index is 0.0281. The van der Waals surface area contributed by atoms with Crippen LogP contribution in [0.5, 0.6) is 0 Å². The molecular weight excluding hydrogens is 408 g/mol. The van der Waals surface area contributed by atoms with Gasteiger partial charge in [0.25, 0.3) is 5.69 Å². The maximum Gasteiger partial charge on any atom is 0.415 e. The third-order valence-electron chi connectivity index (χ3n) is 3.07. The van der Waals surface area contributed by atoms with Gasteiger partial charge in [-0.2, -0.15) is 0 Å². The van der Waals surface area contributed by atoms with Crippen LogP contribution >= 0.6 is 15.9 Å². The maximum absolute atomic E-state index is 12.6. The van der Waals surface area contributed by atoms with Gasteiger partial charge in [0.2, 0.25) is 0 Å². The SMILES string of the molecule is CCOCC(=O)CN(C(=O)OC(C)(C)C)c1c(Br)cc(C)cc1[N+](=O)[O-]. The zero-order valence-electron chi connectivity index (χ0n) is 15.5. The summed E-state index contributed by atoms with van der Waals surface area (Å²) in [7, 11) is 0. The van der Waals surface area contributed by atoms with Gasteiger partial charge in [-0.1, -0.05) is 0 Å². The van der Waals surface area contributed by atoms with Crippen molar-refractivity contribution < 1.29 is 24.0 Å². The highest BCUT2D eigenvalue weighted by molar-refractivity contribution is 9.10. The second-order valence-electron chi connectivity index (χ2n) is 6.61. The number of benzene rings is 1. The van der Waals surface area contributed by atoms with Crippen LogP contribution in [0.15, 0.2) is 16.6 Å². The molecule has 0 fully saturated rings. The topological polar surface area (TPSA) is 99.0 Å². The van der Waals surface area contributed by atoms with Gasteiger partial charge in [0.05, 0.1) is 11.5 Å². The van der Waals surface area contributed by atoms with E-state index in [9.17, 15) is 19.7 Å². The summed E-state index contributed by atoms with van der Waals surface area (Å²) in [5.41, 5.74) is -0.520. The summed E-state index contributed by atoms with van der Waals surface area (Å²) in [6, 6.07) is 2.97. The van der Waals surface area contributed by atoms with E-state index in [1.54, 1.807) is 40.7 Å². The summed E-state index contributed by atoms with van der Waals surface area (Å²) in [6.45, 7) is 8.17. The molecule has 0 saturated heterocycles. The molecular formula is C17H23BrN2O6. The predicted molar refractivity (Wildman–Crippen MR) is 101 cm³/mol. The van der Waals surface area contributed by atoms with Gasteiger partial charge >= 0.3 is 6.09 Å². The Morgan fingerprint density at radius 3 is 2.42 bits per heavy atom. The predicted octanol–water partition coefficient (Wildman–Crippen LogP) is 4.01. The summed E-state index contributed by atoms with van der Waals surface area (Å²) >= 11 is 3.26. The number of nitrogens with zero attached hydrogens (tertiary/aromatic N) is 2. The second kappa shape index (κ2) is 9.09. The van der Waals surface area contributed by atoms with Crippen LogP contribution < -0.4 is 4.90 Å². The van der Waals surface area contributed by atoms with Crippen LogP contribution in [0.25, 0.3) is 0 Å². The molecule has 0 atom stereocenters. The number of halogens is 1. The van der Waals surface area contributed by atoms with Gasteiger partial charge in [-0.15, -0.1) is 0 Å². The first kappa shape index (κ1) is 22.0. The average molecular weight is 431 g/mol. The lowest BCUT2D eigenvalue weighted by atomic mass is 10.1. The van der Waals surface area contributed by atoms with E-state index in [-0.39, 0.29) is 18.0 Å². The van der Waals surface area contributed by atoms with Gasteiger partial charge in [0, 0.05) is 17.1 Å². The summed E-state index contributed by atoms with van der Waals surface area (Å²) in [6.07, 6.45) is -0.852. The van der Waals surface area contributed by atoms with E-state index in [4.69, 9.17) is 9.47 Å². The van der Waals surface area contributed by atoms with Crippen LogP contribution in [0.3, 0.4) is 0 Å². The molecule has 0 aliphatic carbocycles. The third kappa shape index (κ3) is 6.38. The molecule has 0 aromatic heterocycles. The summed E-state index contributed by atoms with van der Waals surface area (Å²) in [5.74, 6) is -0.403. The largest absolute Gasteiger partial charge is 0.443 e. The van der Waals surface area contributed by atoms with Gasteiger partial charge in [-0.25, -0.2) is 4.79 Å². The minimum atomic E-state index is -0.852. The smallest absolute Gasteiger partial charge is 0.415 e. The van der Waals surface area contributed by atoms with E-state index < -0.39 is 28.9 Å². The van der Waals surface area contributed by atoms with Crippen molar-refractivity contribution in [1.82, 2.24) is 0 Å². The highest BCUT2D eigenvalue weighted by Gasteiger charge is 2.32. The van der Waals surface area contributed by atoms with Crippen LogP contribution in [0.2, 0.25) is 0 Å². The molecule has 1 rings (SSSR count). The Labute approximate surface area is 160 Å². The van der Waals surface area contributed by atoms with E-state index in [1.807, 2.05) is 0 Å². The number of carbonyl (C=O) groups excluding carboxylic acids is 2. The van der Waals surface area contributed by atoms with Gasteiger partial charge in [0.15, 0.2) is 5.78 Å². The molecule has 0 heterocycles. The number of Topliss-reactive ketones (excluding diaryl/α,β-unsaturated/α-hetero) is 1. The number of carbonyl (C=O) groups is 2. The summed E-state index contributed by atoms with van der Waals surface area (Å²) in [5, 5.41) is 11.5. The van der Waals surface area contributed by atoms with Crippen LogP contribution in [0.1, 0.15) is 33.3 Å². The van der Waals surface area contributed by atoms with Crippen molar-refractivity contribution >= 4 is 39.2 Å². The Hall–Kier alpha value is -2.00. The standard InChI is InChI=1S/C17H23BrN2O6/c1-6-25-10-12(21)9-19(16(22)26-17(3,4)5)15-13(18)7-11(2)8-14(15)20(23)24/h7-8H,6,9-10H2,1-5H3. The molecule has 0 N–H and O–H groups in total. The molecule has 0 spiro atoms. The summed E-state index contributed by atoms with van der Waals surface area (Å²) in [4.78, 5) is 36.7. The third-order valence-corrected chi connectivity index (χ3v) is 3.67. The Morgan fingerprint density at radius 2 is 1.92 bits per heavy atom. The van der Waals surface area contributed by atoms with Crippen LogP contribution in [-0.2, 0) is 14.3 Å². The number of nitro benzene ring substituents is 1. The number of aryl methyl sites for hydroxylation is 1. The zero-order valence-corrected chi connectivity index (χ0v) is 17.1. The lowest BCUT2D eigenvalue weighted by Crippen LogP contribution is -2.41. The van der Waals surface area contributed by atoms with Gasteiger partial charge in [0.1, 0.15) is 17.9 Å². The molecule has 0 bridgehead atoms. The van der Waals surface area contributed by atoms with Gasteiger partial charge < -0.3 is 9.47 Å². The maximum atomic E-state index is 12.6. The molecule has 8 nitrogen and oxygen atoms in total. The molecule has 0 aliphatic heterocycles. The Morgan fingerprint density at radius 1 is 1.31 bits per heavy atom. The molecule has 0 radical (unpaired) electrons. The fourth-order valence-electron chi connectivity index (χ4n) is 2.11. The number of ketones is 1. The van der Waals surface area contributed by atoms with Crippen molar-refractivity contribution in [2.75, 3.05) is 24.7 Å². The first-order valence-corrected chi connectivity index (χ1v) is 8.80. The molecule has 9 heteroatoms. The number of amides is 1. The summed E-state index contributed by atoms with van der Waals surface area (Å²) < 4.78 is 10.7. The number of ether oxygens (including phenoxy) is 2. The molecule has 26 heavy (non-hydrogen) atoms. The first-order chi connectivity index (χ1) is 12.0. The van der Waals surface area contributed by atoms with Crippen molar-refractivity contribution in [2.24, 2.45) is 0 Å². The quantitative estimate of drug-likeness (QED) is 0.478. The van der Waals surface area contributed by atoms with E-state index in [0.29, 0.717) is 16.6 Å². The van der Waals surface area contributed by atoms with Gasteiger partial charge in [-0.3, -0.25) is 19.8 Å². The van der Waals surface area contributed by atoms with Crippen molar-refractivity contribution in [1.29, 1.82) is 0 Å². The number of nitro groups is 1. The average Bonchev–Trinajstić information content (AvgIpc) is 2.48. The van der Waals surface area contributed by atoms with E-state index in [0.717, 1.165) is 4.90 Å². The van der Waals surface area contributed by atoms with E-state index >= 15 is 0 Å². The molecule has 0 saturated carbocycles. The fraction of sp³-hybridized carbons (Fsp3) is 0.529. The molecule has 0 unspecified atom stereocenters. The first-order valence-electron chi connectivity index (χ1n) is 8.00. The van der Waals surface area contributed by atoms with Crippen molar-refractivity contribution in [3.8, 4) is 0 Å². The van der Waals surface area contributed by atoms with Gasteiger partial charge in [-0.05, 0) is 62.2 Å². The number of anilines is 1. The number of rotatable bonds is 7. The number of hydrogen-bond acceptors (Lipinski definition) is 6. The molecule has 1 amide bonds. The van der Waals surface area contributed by atoms with E-state index in [2.05, 4.69) is 15.9 Å². The Kier molecular flexibility index (Phi) is 7.70. The monoisotopic (exact) mass is 430 g/mol. The lowest BCUT2D eigenvalue weighted by molar-refractivity contribution is -0.384. The van der Waals surface area contributed by atoms with Crippen molar-refractivity contribution in [3.63, 3.8) is 0 Å². The van der Waals surface area contributed by atoms with Crippen molar-refractivity contribution in [2.45, 2.75) is 40.2 Å².